The molecule has 0 unspecified atom stereocenters. The summed E-state index contributed by atoms with van der Waals surface area (Å²) in [6.07, 6.45) is 0.365. The number of nitrogens with zero attached hydrogens (tertiary/aromatic N) is 2. The second-order valence-electron chi connectivity index (χ2n) is 7.74. The Hall–Kier alpha value is -3.31. The van der Waals surface area contributed by atoms with Gasteiger partial charge in [-0.15, -0.1) is 0 Å². The van der Waals surface area contributed by atoms with Crippen LogP contribution in [0.5, 0.6) is 0 Å². The Labute approximate surface area is 167 Å². The number of nitrogens with one attached hydrogen (secondary N) is 2. The van der Waals surface area contributed by atoms with E-state index in [2.05, 4.69) is 65.7 Å². The molecule has 0 spiro atoms. The average molecular weight is 383 g/mol. The summed E-state index contributed by atoms with van der Waals surface area (Å²) in [6, 6.07) is 20.9. The molecule has 3 aromatic rings. The molecule has 1 aliphatic carbocycles. The summed E-state index contributed by atoms with van der Waals surface area (Å²) >= 11 is 0. The molecule has 2 N–H and O–H groups in total. The van der Waals surface area contributed by atoms with Crippen LogP contribution >= 0.6 is 0 Å². The van der Waals surface area contributed by atoms with Gasteiger partial charge in [0.05, 0.1) is 5.39 Å². The maximum absolute atomic E-state index is 12.7. The van der Waals surface area contributed by atoms with E-state index in [1.807, 2.05) is 28.6 Å². The van der Waals surface area contributed by atoms with Crippen molar-refractivity contribution in [2.24, 2.45) is 5.11 Å². The van der Waals surface area contributed by atoms with Gasteiger partial charge < -0.3 is 10.3 Å². The molecule has 0 aromatic heterocycles. The molecule has 5 rings (SSSR count). The maximum Gasteiger partial charge on any atom is 0.310 e. The minimum atomic E-state index is -0.134. The number of benzene rings is 3. The molecule has 144 valence electrons. The average Bonchev–Trinajstić information content (AvgIpc) is 3.03. The van der Waals surface area contributed by atoms with Gasteiger partial charge in [0.2, 0.25) is 0 Å². The molecule has 0 fully saturated rings. The first-order chi connectivity index (χ1) is 14.1. The van der Waals surface area contributed by atoms with Crippen molar-refractivity contribution in [1.82, 2.24) is 10.3 Å². The highest BCUT2D eigenvalue weighted by molar-refractivity contribution is 6.11. The van der Waals surface area contributed by atoms with Gasteiger partial charge in [0.1, 0.15) is 10.9 Å². The fraction of sp³-hybridized carbons (Fsp3) is 0.208. The first-order valence-electron chi connectivity index (χ1n) is 10.0. The summed E-state index contributed by atoms with van der Waals surface area (Å²) in [4.78, 5) is 16.3. The Morgan fingerprint density at radius 2 is 1.79 bits per heavy atom. The largest absolute Gasteiger partial charge is 0.344 e. The lowest BCUT2D eigenvalue weighted by Crippen LogP contribution is -2.27. The molecule has 1 aliphatic heterocycles. The highest BCUT2D eigenvalue weighted by Gasteiger charge is 2.19. The van der Waals surface area contributed by atoms with E-state index in [0.717, 1.165) is 32.5 Å². The third-order valence-electron chi connectivity index (χ3n) is 5.37. The Morgan fingerprint density at radius 1 is 1.03 bits per heavy atom. The normalized spacial score (nSPS) is 12.9. The third-order valence-corrected chi connectivity index (χ3v) is 5.37. The van der Waals surface area contributed by atoms with Crippen LogP contribution in [0.3, 0.4) is 0 Å². The van der Waals surface area contributed by atoms with Crippen LogP contribution in [0, 0.1) is 10.7 Å². The summed E-state index contributed by atoms with van der Waals surface area (Å²) in [5.74, 6) is -0.134. The lowest BCUT2D eigenvalue weighted by molar-refractivity contribution is -0.523. The topological polar surface area (TPSA) is 63.1 Å². The lowest BCUT2D eigenvalue weighted by Gasteiger charge is -2.04. The number of carbonyl (C=O) groups excluding carboxylic acids is 1. The Kier molecular flexibility index (Phi) is 4.25. The summed E-state index contributed by atoms with van der Waals surface area (Å²) in [6.45, 7) is 4.76. The standard InChI is InChI=1S/C24H22N4O/c1-15(2)25-14-13-21(29)27-28-20-12-4-3-11-19(20)26-23-17-9-5-7-16-8-6-10-18(22(16)17)24(23)28/h3-12,15,25H,13-14H2,1-2H3/p+1. The van der Waals surface area contributed by atoms with Crippen molar-refractivity contribution in [3.8, 4) is 0 Å². The van der Waals surface area contributed by atoms with Gasteiger partial charge in [-0.25, -0.2) is 0 Å². The first kappa shape index (κ1) is 17.8. The van der Waals surface area contributed by atoms with Crippen molar-refractivity contribution in [2.75, 3.05) is 6.54 Å². The number of hydrogen-bond donors (Lipinski definition) is 2. The third kappa shape index (κ3) is 2.95. The zero-order valence-corrected chi connectivity index (χ0v) is 16.6. The van der Waals surface area contributed by atoms with Crippen LogP contribution in [0.15, 0.2) is 65.8 Å². The van der Waals surface area contributed by atoms with Crippen molar-refractivity contribution in [3.63, 3.8) is 0 Å². The molecular weight excluding hydrogens is 360 g/mol. The SMILES string of the molecule is CC(C)NCCC(=O)N=[n+]1c2c3cccc4cccc(c=2[nH]c2ccccc21)c43. The predicted octanol–water partition coefficient (Wildman–Crippen LogP) is 4.15. The minimum Gasteiger partial charge on any atom is -0.344 e. The summed E-state index contributed by atoms with van der Waals surface area (Å²) in [7, 11) is 0. The van der Waals surface area contributed by atoms with Gasteiger partial charge in [-0.1, -0.05) is 56.3 Å². The van der Waals surface area contributed by atoms with E-state index in [-0.39, 0.29) is 5.91 Å². The van der Waals surface area contributed by atoms with Crippen LogP contribution in [-0.2, 0) is 4.79 Å². The summed E-state index contributed by atoms with van der Waals surface area (Å²) in [5, 5.41) is 14.4. The van der Waals surface area contributed by atoms with E-state index in [9.17, 15) is 4.79 Å². The van der Waals surface area contributed by atoms with Gasteiger partial charge in [0.25, 0.3) is 10.9 Å². The van der Waals surface area contributed by atoms with Crippen LogP contribution in [0.1, 0.15) is 20.3 Å². The molecule has 0 radical (unpaired) electrons. The van der Waals surface area contributed by atoms with Crippen LogP contribution in [-0.4, -0.2) is 23.5 Å². The van der Waals surface area contributed by atoms with E-state index in [4.69, 9.17) is 0 Å². The summed E-state index contributed by atoms with van der Waals surface area (Å²) in [5.41, 5.74) is 1.84. The molecule has 0 saturated heterocycles. The molecule has 29 heavy (non-hydrogen) atoms. The Morgan fingerprint density at radius 3 is 2.59 bits per heavy atom. The second kappa shape index (κ2) is 6.94. The minimum absolute atomic E-state index is 0.134. The number of hydrogen-bond acceptors (Lipinski definition) is 2. The van der Waals surface area contributed by atoms with Crippen LogP contribution < -0.4 is 9.68 Å². The molecule has 0 atom stereocenters. The predicted molar refractivity (Wildman–Crippen MR) is 115 cm³/mol. The van der Waals surface area contributed by atoms with Gasteiger partial charge in [0, 0.05) is 41.0 Å². The van der Waals surface area contributed by atoms with Crippen molar-refractivity contribution in [3.05, 3.63) is 71.4 Å². The van der Waals surface area contributed by atoms with E-state index in [1.54, 1.807) is 0 Å². The lowest BCUT2D eigenvalue weighted by atomic mass is 10.1. The van der Waals surface area contributed by atoms with Crippen LogP contribution in [0.2, 0.25) is 0 Å². The maximum atomic E-state index is 12.7. The number of aromatic amines is 1. The quantitative estimate of drug-likeness (QED) is 0.458. The molecule has 2 aliphatic rings. The number of amides is 1. The van der Waals surface area contributed by atoms with Crippen LogP contribution in [0.4, 0.5) is 0 Å². The van der Waals surface area contributed by atoms with E-state index < -0.39 is 0 Å². The number of aromatic nitrogens is 2. The van der Waals surface area contributed by atoms with Crippen molar-refractivity contribution in [1.29, 1.82) is 0 Å². The molecule has 3 aromatic carbocycles. The molecular formula is C24H23N4O+. The number of fused-ring (bicyclic) bond motifs is 3. The highest BCUT2D eigenvalue weighted by Crippen LogP contribution is 2.30. The monoisotopic (exact) mass is 383 g/mol. The van der Waals surface area contributed by atoms with Crippen LogP contribution in [0.25, 0.3) is 32.6 Å². The molecule has 1 heterocycles. The first-order valence-corrected chi connectivity index (χ1v) is 10.0. The van der Waals surface area contributed by atoms with Gasteiger partial charge >= 0.3 is 5.91 Å². The van der Waals surface area contributed by atoms with Gasteiger partial charge in [-0.3, -0.25) is 4.79 Å². The highest BCUT2D eigenvalue weighted by atomic mass is 16.1. The van der Waals surface area contributed by atoms with Crippen molar-refractivity contribution >= 4 is 38.5 Å². The van der Waals surface area contributed by atoms with Crippen molar-refractivity contribution < 1.29 is 9.16 Å². The fourth-order valence-corrected chi connectivity index (χ4v) is 4.11. The number of H-pyrrole nitrogens is 1. The van der Waals surface area contributed by atoms with Gasteiger partial charge in [0.15, 0.2) is 0 Å². The molecule has 5 nitrogen and oxygen atoms in total. The summed E-state index contributed by atoms with van der Waals surface area (Å²) < 4.78 is 1.83. The Balaban J connectivity index is 1.87. The second-order valence-corrected chi connectivity index (χ2v) is 7.74. The number of carbonyl (C=O) groups is 1. The zero-order chi connectivity index (χ0) is 20.0. The molecule has 0 saturated carbocycles. The van der Waals surface area contributed by atoms with E-state index in [1.165, 1.54) is 10.8 Å². The van der Waals surface area contributed by atoms with E-state index >= 15 is 0 Å². The van der Waals surface area contributed by atoms with Gasteiger partial charge in [-0.05, 0) is 21.9 Å². The van der Waals surface area contributed by atoms with Gasteiger partial charge in [-0.2, -0.15) is 0 Å². The molecule has 0 bridgehead atoms. The number of para-hydroxylation sites is 2. The van der Waals surface area contributed by atoms with Crippen molar-refractivity contribution in [2.45, 2.75) is 26.3 Å². The zero-order valence-electron chi connectivity index (χ0n) is 16.6. The fourth-order valence-electron chi connectivity index (χ4n) is 4.11. The smallest absolute Gasteiger partial charge is 0.310 e. The molecule has 1 amide bonds. The Bertz CT molecular complexity index is 1480. The number of rotatable bonds is 4. The molecule has 5 heteroatoms. The van der Waals surface area contributed by atoms with E-state index in [0.29, 0.717) is 19.0 Å².